The Morgan fingerprint density at radius 1 is 1.05 bits per heavy atom. The van der Waals surface area contributed by atoms with Crippen LogP contribution >= 0.6 is 11.9 Å². The highest BCUT2D eigenvalue weighted by Gasteiger charge is 2.18. The standard InChI is InChI=1S/C15H16N2O2S/c1-18-13-8-7-11(9-14(13)19-2)17-10-16-12-5-3-4-6-15(12)20-17/h3-9,16H,10H2,1-2H3. The van der Waals surface area contributed by atoms with Crippen LogP contribution in [0.2, 0.25) is 0 Å². The minimum atomic E-state index is 0.740. The molecule has 1 heterocycles. The van der Waals surface area contributed by atoms with Gasteiger partial charge in [-0.15, -0.1) is 0 Å². The van der Waals surface area contributed by atoms with Crippen LogP contribution < -0.4 is 19.1 Å². The average molecular weight is 288 g/mol. The molecule has 20 heavy (non-hydrogen) atoms. The number of methoxy groups -OCH3 is 2. The number of fused-ring (bicyclic) bond motifs is 1. The SMILES string of the molecule is COc1ccc(N2CNc3ccccc3S2)cc1OC. The van der Waals surface area contributed by atoms with Crippen molar-refractivity contribution in [1.82, 2.24) is 0 Å². The largest absolute Gasteiger partial charge is 0.493 e. The molecular formula is C15H16N2O2S. The number of para-hydroxylation sites is 1. The molecule has 1 aliphatic rings. The maximum Gasteiger partial charge on any atom is 0.162 e. The molecule has 0 aromatic heterocycles. The van der Waals surface area contributed by atoms with Crippen molar-refractivity contribution >= 4 is 23.3 Å². The predicted octanol–water partition coefficient (Wildman–Crippen LogP) is 3.60. The van der Waals surface area contributed by atoms with Gasteiger partial charge in [-0.05, 0) is 36.2 Å². The summed E-state index contributed by atoms with van der Waals surface area (Å²) < 4.78 is 12.8. The van der Waals surface area contributed by atoms with Crippen molar-refractivity contribution in [1.29, 1.82) is 0 Å². The Morgan fingerprint density at radius 2 is 1.85 bits per heavy atom. The molecule has 5 heteroatoms. The molecule has 4 nitrogen and oxygen atoms in total. The molecule has 1 aliphatic heterocycles. The second-order valence-electron chi connectivity index (χ2n) is 4.34. The lowest BCUT2D eigenvalue weighted by molar-refractivity contribution is 0.355. The van der Waals surface area contributed by atoms with Gasteiger partial charge in [0.1, 0.15) is 0 Å². The molecule has 3 rings (SSSR count). The molecule has 1 N–H and O–H groups in total. The van der Waals surface area contributed by atoms with Crippen molar-refractivity contribution < 1.29 is 9.47 Å². The molecule has 0 radical (unpaired) electrons. The van der Waals surface area contributed by atoms with Crippen LogP contribution in [0.4, 0.5) is 11.4 Å². The van der Waals surface area contributed by atoms with Gasteiger partial charge in [0.05, 0.1) is 37.2 Å². The molecule has 2 aromatic rings. The van der Waals surface area contributed by atoms with E-state index < -0.39 is 0 Å². The van der Waals surface area contributed by atoms with Crippen LogP contribution in [0.25, 0.3) is 0 Å². The van der Waals surface area contributed by atoms with Gasteiger partial charge in [-0.2, -0.15) is 0 Å². The van der Waals surface area contributed by atoms with Gasteiger partial charge in [0, 0.05) is 6.07 Å². The van der Waals surface area contributed by atoms with Crippen LogP contribution in [-0.2, 0) is 0 Å². The number of benzene rings is 2. The summed E-state index contributed by atoms with van der Waals surface area (Å²) in [6, 6.07) is 14.2. The van der Waals surface area contributed by atoms with E-state index in [9.17, 15) is 0 Å². The highest BCUT2D eigenvalue weighted by molar-refractivity contribution is 8.00. The molecule has 0 unspecified atom stereocenters. The van der Waals surface area contributed by atoms with Crippen molar-refractivity contribution in [2.45, 2.75) is 4.90 Å². The molecule has 0 aliphatic carbocycles. The van der Waals surface area contributed by atoms with E-state index in [0.29, 0.717) is 0 Å². The van der Waals surface area contributed by atoms with Crippen LogP contribution in [0.15, 0.2) is 47.4 Å². The van der Waals surface area contributed by atoms with E-state index in [4.69, 9.17) is 9.47 Å². The Labute approximate surface area is 122 Å². The van der Waals surface area contributed by atoms with Crippen molar-refractivity contribution in [3.05, 3.63) is 42.5 Å². The fraction of sp³-hybridized carbons (Fsp3) is 0.200. The first-order valence-corrected chi connectivity index (χ1v) is 7.09. The Balaban J connectivity index is 1.88. The lowest BCUT2D eigenvalue weighted by atomic mass is 10.2. The Morgan fingerprint density at radius 3 is 2.65 bits per heavy atom. The number of ether oxygens (including phenoxy) is 2. The van der Waals surface area contributed by atoms with E-state index in [1.54, 1.807) is 26.2 Å². The van der Waals surface area contributed by atoms with Gasteiger partial charge in [0.15, 0.2) is 11.5 Å². The van der Waals surface area contributed by atoms with Gasteiger partial charge in [0.2, 0.25) is 0 Å². The van der Waals surface area contributed by atoms with Crippen LogP contribution in [0.1, 0.15) is 0 Å². The summed E-state index contributed by atoms with van der Waals surface area (Å²) in [5.74, 6) is 1.48. The first kappa shape index (κ1) is 13.0. The van der Waals surface area contributed by atoms with Crippen LogP contribution in [0.5, 0.6) is 11.5 Å². The molecule has 0 spiro atoms. The molecule has 0 saturated carbocycles. The minimum absolute atomic E-state index is 0.740. The highest BCUT2D eigenvalue weighted by Crippen LogP contribution is 2.39. The molecule has 0 fully saturated rings. The van der Waals surface area contributed by atoms with E-state index >= 15 is 0 Å². The third-order valence-corrected chi connectivity index (χ3v) is 4.28. The van der Waals surface area contributed by atoms with Crippen molar-refractivity contribution in [2.75, 3.05) is 30.5 Å². The van der Waals surface area contributed by atoms with Gasteiger partial charge < -0.3 is 14.8 Å². The van der Waals surface area contributed by atoms with E-state index in [0.717, 1.165) is 23.9 Å². The maximum atomic E-state index is 5.36. The monoisotopic (exact) mass is 288 g/mol. The zero-order chi connectivity index (χ0) is 13.9. The smallest absolute Gasteiger partial charge is 0.162 e. The van der Waals surface area contributed by atoms with Gasteiger partial charge in [-0.25, -0.2) is 0 Å². The molecule has 2 aromatic carbocycles. The highest BCUT2D eigenvalue weighted by atomic mass is 32.2. The third-order valence-electron chi connectivity index (χ3n) is 3.16. The van der Waals surface area contributed by atoms with E-state index in [2.05, 4.69) is 21.8 Å². The average Bonchev–Trinajstić information content (AvgIpc) is 2.53. The summed E-state index contributed by atoms with van der Waals surface area (Å²) in [5.41, 5.74) is 2.25. The van der Waals surface area contributed by atoms with Crippen molar-refractivity contribution in [2.24, 2.45) is 0 Å². The first-order valence-electron chi connectivity index (χ1n) is 6.32. The van der Waals surface area contributed by atoms with E-state index in [-0.39, 0.29) is 0 Å². The summed E-state index contributed by atoms with van der Waals surface area (Å²) in [7, 11) is 3.30. The summed E-state index contributed by atoms with van der Waals surface area (Å²) in [6.07, 6.45) is 0. The Hall–Kier alpha value is -2.01. The minimum Gasteiger partial charge on any atom is -0.493 e. The summed E-state index contributed by atoms with van der Waals surface area (Å²) in [6.45, 7) is 0.747. The topological polar surface area (TPSA) is 33.7 Å². The number of nitrogens with zero attached hydrogens (tertiary/aromatic N) is 1. The molecule has 0 amide bonds. The zero-order valence-electron chi connectivity index (χ0n) is 11.4. The maximum absolute atomic E-state index is 5.36. The van der Waals surface area contributed by atoms with Crippen LogP contribution in [0.3, 0.4) is 0 Å². The van der Waals surface area contributed by atoms with Gasteiger partial charge in [-0.1, -0.05) is 12.1 Å². The second kappa shape index (κ2) is 5.54. The number of hydrogen-bond donors (Lipinski definition) is 1. The van der Waals surface area contributed by atoms with E-state index in [1.807, 2.05) is 30.3 Å². The molecule has 0 bridgehead atoms. The normalized spacial score (nSPS) is 13.4. The molecule has 0 atom stereocenters. The lowest BCUT2D eigenvalue weighted by Gasteiger charge is -2.30. The predicted molar refractivity (Wildman–Crippen MR) is 82.8 cm³/mol. The summed E-state index contributed by atoms with van der Waals surface area (Å²) in [4.78, 5) is 1.22. The fourth-order valence-corrected chi connectivity index (χ4v) is 3.09. The zero-order valence-corrected chi connectivity index (χ0v) is 12.2. The van der Waals surface area contributed by atoms with Gasteiger partial charge >= 0.3 is 0 Å². The van der Waals surface area contributed by atoms with Crippen LogP contribution in [0, 0.1) is 0 Å². The number of anilines is 2. The molecule has 104 valence electrons. The number of rotatable bonds is 3. The molecule has 0 saturated heterocycles. The number of hydrogen-bond acceptors (Lipinski definition) is 5. The fourth-order valence-electron chi connectivity index (χ4n) is 2.12. The van der Waals surface area contributed by atoms with E-state index in [1.165, 1.54) is 10.6 Å². The first-order chi connectivity index (χ1) is 9.81. The van der Waals surface area contributed by atoms with Crippen molar-refractivity contribution in [3.8, 4) is 11.5 Å². The quantitative estimate of drug-likeness (QED) is 0.873. The van der Waals surface area contributed by atoms with Crippen LogP contribution in [-0.4, -0.2) is 20.9 Å². The third kappa shape index (κ3) is 2.36. The molecular weight excluding hydrogens is 272 g/mol. The lowest BCUT2D eigenvalue weighted by Crippen LogP contribution is -2.26. The van der Waals surface area contributed by atoms with Gasteiger partial charge in [-0.3, -0.25) is 4.31 Å². The number of nitrogens with one attached hydrogen (secondary N) is 1. The Kier molecular flexibility index (Phi) is 3.60. The van der Waals surface area contributed by atoms with Gasteiger partial charge in [0.25, 0.3) is 0 Å². The Bertz CT molecular complexity index is 619. The summed E-state index contributed by atoms with van der Waals surface area (Å²) in [5, 5.41) is 3.41. The summed E-state index contributed by atoms with van der Waals surface area (Å²) >= 11 is 1.72. The van der Waals surface area contributed by atoms with Crippen molar-refractivity contribution in [3.63, 3.8) is 0 Å². The second-order valence-corrected chi connectivity index (χ2v) is 5.40.